The Labute approximate surface area is 153 Å². The molecule has 1 aromatic carbocycles. The van der Waals surface area contributed by atoms with Gasteiger partial charge in [0, 0.05) is 29.7 Å². The summed E-state index contributed by atoms with van der Waals surface area (Å²) in [5.74, 6) is -0.202. The van der Waals surface area contributed by atoms with E-state index < -0.39 is 5.54 Å². The number of hydrogen-bond acceptors (Lipinski definition) is 4. The molecule has 0 unspecified atom stereocenters. The van der Waals surface area contributed by atoms with E-state index in [1.165, 1.54) is 0 Å². The van der Waals surface area contributed by atoms with E-state index in [1.807, 2.05) is 26.1 Å². The molecule has 3 N–H and O–H groups in total. The van der Waals surface area contributed by atoms with Gasteiger partial charge in [-0.3, -0.25) is 14.3 Å². The van der Waals surface area contributed by atoms with Crippen LogP contribution in [0.25, 0.3) is 0 Å². The first-order chi connectivity index (χ1) is 12.5. The van der Waals surface area contributed by atoms with Crippen molar-refractivity contribution in [2.45, 2.75) is 38.3 Å². The van der Waals surface area contributed by atoms with Crippen molar-refractivity contribution in [1.29, 1.82) is 0 Å². The highest BCUT2D eigenvalue weighted by Crippen LogP contribution is 2.28. The number of amides is 2. The van der Waals surface area contributed by atoms with Gasteiger partial charge in [0.05, 0.1) is 0 Å². The molecule has 2 amide bonds. The van der Waals surface area contributed by atoms with Crippen LogP contribution in [0.3, 0.4) is 0 Å². The summed E-state index contributed by atoms with van der Waals surface area (Å²) in [7, 11) is 0. The molecule has 2 aromatic rings. The van der Waals surface area contributed by atoms with E-state index in [2.05, 4.69) is 21.0 Å². The summed E-state index contributed by atoms with van der Waals surface area (Å²) in [5, 5.41) is 13.4. The van der Waals surface area contributed by atoms with Crippen LogP contribution < -0.4 is 16.0 Å². The van der Waals surface area contributed by atoms with Gasteiger partial charge < -0.3 is 16.0 Å². The van der Waals surface area contributed by atoms with Crippen molar-refractivity contribution >= 4 is 17.5 Å². The number of benzene rings is 1. The second-order valence-electron chi connectivity index (χ2n) is 6.89. The van der Waals surface area contributed by atoms with E-state index >= 15 is 0 Å². The van der Waals surface area contributed by atoms with Crippen LogP contribution in [0.2, 0.25) is 0 Å². The zero-order valence-electron chi connectivity index (χ0n) is 15.2. The average Bonchev–Trinajstić information content (AvgIpc) is 3.17. The molecular formula is C19H25N5O2. The standard InChI is InChI=1S/C19H25N5O2/c1-14(2)22-17(25)15-4-6-16(7-5-15)23-18(26)19(8-11-20-12-9-19)24-13-3-10-21-24/h3-7,10,13-14,20H,8-9,11-12H2,1-2H3,(H,22,25)(H,23,26). The molecule has 1 saturated heterocycles. The van der Waals surface area contributed by atoms with Crippen molar-refractivity contribution in [1.82, 2.24) is 20.4 Å². The summed E-state index contributed by atoms with van der Waals surface area (Å²) in [4.78, 5) is 25.1. The molecule has 0 aliphatic carbocycles. The second-order valence-corrected chi connectivity index (χ2v) is 6.89. The van der Waals surface area contributed by atoms with Gasteiger partial charge in [0.25, 0.3) is 11.8 Å². The van der Waals surface area contributed by atoms with Crippen molar-refractivity contribution in [3.8, 4) is 0 Å². The zero-order valence-corrected chi connectivity index (χ0v) is 15.2. The lowest BCUT2D eigenvalue weighted by molar-refractivity contribution is -0.126. The highest BCUT2D eigenvalue weighted by molar-refractivity contribution is 5.98. The fourth-order valence-corrected chi connectivity index (χ4v) is 3.22. The Morgan fingerprint density at radius 1 is 1.19 bits per heavy atom. The lowest BCUT2D eigenvalue weighted by atomic mass is 9.87. The molecule has 7 nitrogen and oxygen atoms in total. The first-order valence-electron chi connectivity index (χ1n) is 8.94. The minimum atomic E-state index is -0.692. The van der Waals surface area contributed by atoms with Crippen molar-refractivity contribution in [3.05, 3.63) is 48.3 Å². The maximum atomic E-state index is 13.1. The van der Waals surface area contributed by atoms with Crippen LogP contribution in [0.15, 0.2) is 42.7 Å². The Balaban J connectivity index is 1.75. The maximum Gasteiger partial charge on any atom is 0.252 e. The number of hydrogen-bond donors (Lipinski definition) is 3. The highest BCUT2D eigenvalue weighted by atomic mass is 16.2. The zero-order chi connectivity index (χ0) is 18.6. The smallest absolute Gasteiger partial charge is 0.252 e. The Morgan fingerprint density at radius 2 is 1.88 bits per heavy atom. The number of piperidine rings is 1. The number of anilines is 1. The number of carbonyl (C=O) groups excluding carboxylic acids is 2. The molecular weight excluding hydrogens is 330 g/mol. The molecule has 1 aliphatic heterocycles. The molecule has 1 aliphatic rings. The summed E-state index contributed by atoms with van der Waals surface area (Å²) in [6.07, 6.45) is 4.88. The quantitative estimate of drug-likeness (QED) is 0.762. The van der Waals surface area contributed by atoms with E-state index in [9.17, 15) is 9.59 Å². The predicted molar refractivity (Wildman–Crippen MR) is 100.0 cm³/mol. The fraction of sp³-hybridized carbons (Fsp3) is 0.421. The molecule has 1 aromatic heterocycles. The molecule has 1 fully saturated rings. The van der Waals surface area contributed by atoms with Gasteiger partial charge in [-0.05, 0) is 70.1 Å². The van der Waals surface area contributed by atoms with Gasteiger partial charge in [0.1, 0.15) is 5.54 Å². The lowest BCUT2D eigenvalue weighted by Gasteiger charge is -2.36. The summed E-state index contributed by atoms with van der Waals surface area (Å²) in [6, 6.07) is 8.86. The normalized spacial score (nSPS) is 16.3. The topological polar surface area (TPSA) is 88.1 Å². The van der Waals surface area contributed by atoms with E-state index in [4.69, 9.17) is 0 Å². The van der Waals surface area contributed by atoms with Gasteiger partial charge in [-0.25, -0.2) is 0 Å². The molecule has 0 bridgehead atoms. The Morgan fingerprint density at radius 3 is 2.46 bits per heavy atom. The van der Waals surface area contributed by atoms with Crippen LogP contribution in [0.5, 0.6) is 0 Å². The van der Waals surface area contributed by atoms with Crippen molar-refractivity contribution in [2.75, 3.05) is 18.4 Å². The molecule has 0 atom stereocenters. The monoisotopic (exact) mass is 355 g/mol. The molecule has 26 heavy (non-hydrogen) atoms. The molecule has 7 heteroatoms. The van der Waals surface area contributed by atoms with Crippen molar-refractivity contribution in [2.24, 2.45) is 0 Å². The molecule has 2 heterocycles. The van der Waals surface area contributed by atoms with Crippen molar-refractivity contribution in [3.63, 3.8) is 0 Å². The maximum absolute atomic E-state index is 13.1. The lowest BCUT2D eigenvalue weighted by Crippen LogP contribution is -2.52. The Hall–Kier alpha value is -2.67. The number of nitrogens with one attached hydrogen (secondary N) is 3. The predicted octanol–water partition coefficient (Wildman–Crippen LogP) is 1.74. The van der Waals surface area contributed by atoms with Crippen LogP contribution >= 0.6 is 0 Å². The third-order valence-electron chi connectivity index (χ3n) is 4.62. The number of nitrogens with zero attached hydrogens (tertiary/aromatic N) is 2. The minimum absolute atomic E-state index is 0.0794. The summed E-state index contributed by atoms with van der Waals surface area (Å²) < 4.78 is 1.76. The minimum Gasteiger partial charge on any atom is -0.350 e. The largest absolute Gasteiger partial charge is 0.350 e. The van der Waals surface area contributed by atoms with E-state index in [1.54, 1.807) is 35.1 Å². The van der Waals surface area contributed by atoms with Gasteiger partial charge in [-0.15, -0.1) is 0 Å². The van der Waals surface area contributed by atoms with Crippen LogP contribution in [-0.4, -0.2) is 40.7 Å². The summed E-state index contributed by atoms with van der Waals surface area (Å²) >= 11 is 0. The third-order valence-corrected chi connectivity index (χ3v) is 4.62. The molecule has 0 saturated carbocycles. The fourth-order valence-electron chi connectivity index (χ4n) is 3.22. The number of carbonyl (C=O) groups is 2. The van der Waals surface area contributed by atoms with Gasteiger partial charge >= 0.3 is 0 Å². The van der Waals surface area contributed by atoms with Gasteiger partial charge in [0.2, 0.25) is 0 Å². The Bertz CT molecular complexity index is 747. The molecule has 0 radical (unpaired) electrons. The number of aromatic nitrogens is 2. The average molecular weight is 355 g/mol. The van der Waals surface area contributed by atoms with Crippen LogP contribution in [-0.2, 0) is 10.3 Å². The van der Waals surface area contributed by atoms with Crippen LogP contribution in [0.4, 0.5) is 5.69 Å². The highest BCUT2D eigenvalue weighted by Gasteiger charge is 2.42. The van der Waals surface area contributed by atoms with Gasteiger partial charge in [-0.1, -0.05) is 0 Å². The SMILES string of the molecule is CC(C)NC(=O)c1ccc(NC(=O)C2(n3cccn3)CCNCC2)cc1. The molecule has 138 valence electrons. The summed E-state index contributed by atoms with van der Waals surface area (Å²) in [6.45, 7) is 5.36. The van der Waals surface area contributed by atoms with E-state index in [0.717, 1.165) is 13.1 Å². The van der Waals surface area contributed by atoms with Crippen LogP contribution in [0.1, 0.15) is 37.0 Å². The number of rotatable bonds is 5. The van der Waals surface area contributed by atoms with E-state index in [0.29, 0.717) is 24.1 Å². The first kappa shape index (κ1) is 18.1. The van der Waals surface area contributed by atoms with Gasteiger partial charge in [0.15, 0.2) is 0 Å². The van der Waals surface area contributed by atoms with Crippen molar-refractivity contribution < 1.29 is 9.59 Å². The van der Waals surface area contributed by atoms with Gasteiger partial charge in [-0.2, -0.15) is 5.10 Å². The molecule has 0 spiro atoms. The third kappa shape index (κ3) is 3.77. The summed E-state index contributed by atoms with van der Waals surface area (Å²) in [5.41, 5.74) is 0.545. The van der Waals surface area contributed by atoms with E-state index in [-0.39, 0.29) is 17.9 Å². The Kier molecular flexibility index (Phi) is 5.37. The first-order valence-corrected chi connectivity index (χ1v) is 8.94. The molecule has 3 rings (SSSR count). The van der Waals surface area contributed by atoms with Crippen LogP contribution in [0, 0.1) is 0 Å². The second kappa shape index (κ2) is 7.70.